The maximum atomic E-state index is 13.1. The zero-order valence-corrected chi connectivity index (χ0v) is 14.3. The molecule has 0 fully saturated rings. The summed E-state index contributed by atoms with van der Waals surface area (Å²) in [6.07, 6.45) is -9.17. The van der Waals surface area contributed by atoms with E-state index in [2.05, 4.69) is 9.68 Å². The van der Waals surface area contributed by atoms with Crippen LogP contribution in [0.1, 0.15) is 27.0 Å². The molecule has 148 valence electrons. The molecule has 2 aromatic rings. The summed E-state index contributed by atoms with van der Waals surface area (Å²) in [6.45, 7) is 0.938. The predicted octanol–water partition coefficient (Wildman–Crippen LogP) is 3.68. The Morgan fingerprint density at radius 2 is 1.63 bits per heavy atom. The van der Waals surface area contributed by atoms with Gasteiger partial charge in [0, 0.05) is 11.8 Å². The van der Waals surface area contributed by atoms with E-state index in [0.717, 1.165) is 6.92 Å². The van der Waals surface area contributed by atoms with E-state index in [1.165, 1.54) is 0 Å². The fraction of sp³-hybridized carbons (Fsp3) is 0.286. The van der Waals surface area contributed by atoms with Gasteiger partial charge in [0.15, 0.2) is 15.7 Å². The van der Waals surface area contributed by atoms with Crippen LogP contribution in [0.2, 0.25) is 0 Å². The van der Waals surface area contributed by atoms with Crippen molar-refractivity contribution in [3.63, 3.8) is 0 Å². The van der Waals surface area contributed by atoms with E-state index in [0.29, 0.717) is 18.4 Å². The summed E-state index contributed by atoms with van der Waals surface area (Å²) in [5.74, 6) is -2.29. The van der Waals surface area contributed by atoms with Gasteiger partial charge >= 0.3 is 12.4 Å². The molecule has 0 unspecified atom stereocenters. The summed E-state index contributed by atoms with van der Waals surface area (Å²) >= 11 is 0. The van der Waals surface area contributed by atoms with Crippen LogP contribution < -0.4 is 5.32 Å². The highest BCUT2D eigenvalue weighted by Gasteiger charge is 2.39. The Balaban J connectivity index is 2.55. The summed E-state index contributed by atoms with van der Waals surface area (Å²) in [6, 6.07) is 1.03. The first-order chi connectivity index (χ1) is 12.1. The molecular formula is C14H10F6N2O4S. The van der Waals surface area contributed by atoms with Gasteiger partial charge in [0.2, 0.25) is 0 Å². The number of sulfone groups is 1. The molecule has 0 saturated carbocycles. The predicted molar refractivity (Wildman–Crippen MR) is 78.7 cm³/mol. The minimum absolute atomic E-state index is 0.233. The van der Waals surface area contributed by atoms with Gasteiger partial charge in [-0.15, -0.1) is 0 Å². The Morgan fingerprint density at radius 3 is 2.11 bits per heavy atom. The van der Waals surface area contributed by atoms with Crippen LogP contribution in [0, 0.1) is 6.92 Å². The highest BCUT2D eigenvalue weighted by atomic mass is 32.2. The van der Waals surface area contributed by atoms with E-state index in [-0.39, 0.29) is 6.26 Å². The topological polar surface area (TPSA) is 89.3 Å². The highest BCUT2D eigenvalue weighted by Crippen LogP contribution is 2.38. The summed E-state index contributed by atoms with van der Waals surface area (Å²) in [5, 5.41) is 4.73. The lowest BCUT2D eigenvalue weighted by Crippen LogP contribution is -2.20. The van der Waals surface area contributed by atoms with Gasteiger partial charge in [0.05, 0.1) is 10.5 Å². The van der Waals surface area contributed by atoms with Gasteiger partial charge in [0.1, 0.15) is 11.8 Å². The van der Waals surface area contributed by atoms with Crippen LogP contribution in [-0.4, -0.2) is 25.7 Å². The lowest BCUT2D eigenvalue weighted by Gasteiger charge is -2.16. The second-order valence-electron chi connectivity index (χ2n) is 5.41. The molecule has 0 atom stereocenters. The van der Waals surface area contributed by atoms with E-state index < -0.39 is 61.1 Å². The smallest absolute Gasteiger partial charge is 0.362 e. The molecule has 1 aromatic carbocycles. The zero-order chi connectivity index (χ0) is 20.8. The van der Waals surface area contributed by atoms with Crippen molar-refractivity contribution in [1.29, 1.82) is 0 Å². The number of hydrogen-bond acceptors (Lipinski definition) is 5. The lowest BCUT2D eigenvalue weighted by molar-refractivity contribution is -0.140. The Hall–Kier alpha value is -2.57. The maximum Gasteiger partial charge on any atom is 0.423 e. The quantitative estimate of drug-likeness (QED) is 0.772. The molecule has 0 aliphatic carbocycles. The molecule has 0 saturated heterocycles. The van der Waals surface area contributed by atoms with Crippen LogP contribution in [0.4, 0.5) is 32.2 Å². The van der Waals surface area contributed by atoms with E-state index in [4.69, 9.17) is 0 Å². The molecule has 1 amide bonds. The Labute approximate surface area is 148 Å². The van der Waals surface area contributed by atoms with Crippen LogP contribution in [-0.2, 0) is 22.2 Å². The molecule has 27 heavy (non-hydrogen) atoms. The van der Waals surface area contributed by atoms with E-state index in [1.54, 1.807) is 5.32 Å². The first kappa shape index (κ1) is 20.7. The monoisotopic (exact) mass is 416 g/mol. The van der Waals surface area contributed by atoms with Crippen LogP contribution in [0.15, 0.2) is 27.8 Å². The molecule has 0 radical (unpaired) electrons. The number of carbonyl (C=O) groups is 1. The number of alkyl halides is 6. The number of rotatable bonds is 3. The molecule has 1 aromatic heterocycles. The van der Waals surface area contributed by atoms with Crippen molar-refractivity contribution < 1.29 is 44.1 Å². The number of benzene rings is 1. The van der Waals surface area contributed by atoms with Crippen molar-refractivity contribution in [2.45, 2.75) is 24.2 Å². The van der Waals surface area contributed by atoms with Crippen LogP contribution >= 0.6 is 0 Å². The number of amides is 1. The normalized spacial score (nSPS) is 12.9. The first-order valence-corrected chi connectivity index (χ1v) is 8.77. The fourth-order valence-corrected chi connectivity index (χ4v) is 3.59. The molecule has 2 rings (SSSR count). The number of nitrogens with one attached hydrogen (secondary N) is 1. The van der Waals surface area contributed by atoms with Crippen molar-refractivity contribution in [2.24, 2.45) is 0 Å². The number of anilines is 1. The van der Waals surface area contributed by atoms with E-state index >= 15 is 0 Å². The molecule has 6 nitrogen and oxygen atoms in total. The van der Waals surface area contributed by atoms with Gasteiger partial charge in [0.25, 0.3) is 5.91 Å². The number of hydrogen-bond donors (Lipinski definition) is 1. The van der Waals surface area contributed by atoms with E-state index in [1.807, 2.05) is 0 Å². The van der Waals surface area contributed by atoms with Gasteiger partial charge in [-0.25, -0.2) is 8.42 Å². The molecule has 1 heterocycles. The van der Waals surface area contributed by atoms with Crippen LogP contribution in [0.5, 0.6) is 0 Å². The number of nitrogens with zero attached hydrogens (tertiary/aromatic N) is 1. The van der Waals surface area contributed by atoms with Crippen molar-refractivity contribution >= 4 is 21.6 Å². The first-order valence-electron chi connectivity index (χ1n) is 6.87. The van der Waals surface area contributed by atoms with Crippen LogP contribution in [0.3, 0.4) is 0 Å². The minimum Gasteiger partial charge on any atom is -0.362 e. The third-order valence-corrected chi connectivity index (χ3v) is 4.70. The molecule has 0 aliphatic rings. The van der Waals surface area contributed by atoms with Crippen molar-refractivity contribution in [1.82, 2.24) is 5.16 Å². The third kappa shape index (κ3) is 4.23. The summed E-state index contributed by atoms with van der Waals surface area (Å²) in [7, 11) is -4.41. The lowest BCUT2D eigenvalue weighted by atomic mass is 10.0. The van der Waals surface area contributed by atoms with Gasteiger partial charge in [-0.1, -0.05) is 5.16 Å². The van der Waals surface area contributed by atoms with Gasteiger partial charge in [-0.05, 0) is 24.6 Å². The van der Waals surface area contributed by atoms with Gasteiger partial charge in [-0.3, -0.25) is 4.79 Å². The summed E-state index contributed by atoms with van der Waals surface area (Å²) in [4.78, 5) is 11.1. The zero-order valence-electron chi connectivity index (χ0n) is 13.5. The fourth-order valence-electron chi connectivity index (χ4n) is 2.34. The SMILES string of the molecule is Cc1c(C(=O)Nc2nocc2C(F)(F)F)ccc(C(F)(F)F)c1S(C)(=O)=O. The van der Waals surface area contributed by atoms with E-state index in [9.17, 15) is 39.6 Å². The van der Waals surface area contributed by atoms with Crippen molar-refractivity contribution in [3.05, 3.63) is 40.6 Å². The average Bonchev–Trinajstić information content (AvgIpc) is 2.92. The second kappa shape index (κ2) is 6.55. The van der Waals surface area contributed by atoms with Gasteiger partial charge < -0.3 is 9.84 Å². The molecule has 1 N–H and O–H groups in total. The Morgan fingerprint density at radius 1 is 1.07 bits per heavy atom. The number of aromatic nitrogens is 1. The number of carbonyl (C=O) groups excluding carboxylic acids is 1. The average molecular weight is 416 g/mol. The Kier molecular flexibility index (Phi) is 5.03. The van der Waals surface area contributed by atoms with Crippen LogP contribution in [0.25, 0.3) is 0 Å². The minimum atomic E-state index is -5.02. The van der Waals surface area contributed by atoms with Crippen molar-refractivity contribution in [3.8, 4) is 0 Å². The largest absolute Gasteiger partial charge is 0.423 e. The maximum absolute atomic E-state index is 13.1. The van der Waals surface area contributed by atoms with Gasteiger partial charge in [-0.2, -0.15) is 26.3 Å². The molecule has 0 bridgehead atoms. The molecule has 13 heteroatoms. The second-order valence-corrected chi connectivity index (χ2v) is 7.37. The summed E-state index contributed by atoms with van der Waals surface area (Å²) in [5.41, 5.74) is -4.04. The highest BCUT2D eigenvalue weighted by molar-refractivity contribution is 7.90. The standard InChI is InChI=1S/C14H10F6N2O4S/c1-6-7(3-4-8(13(15,16)17)10(6)27(2,24)25)12(23)21-11-9(5-26-22-11)14(18,19)20/h3-5H,1-2H3,(H,21,22,23). The third-order valence-electron chi connectivity index (χ3n) is 3.43. The Bertz CT molecular complexity index is 992. The summed E-state index contributed by atoms with van der Waals surface area (Å²) < 4.78 is 105. The number of halogens is 6. The van der Waals surface area contributed by atoms with Crippen molar-refractivity contribution in [2.75, 3.05) is 11.6 Å². The molecule has 0 spiro atoms. The molecular weight excluding hydrogens is 406 g/mol. The molecule has 0 aliphatic heterocycles.